The van der Waals surface area contributed by atoms with Gasteiger partial charge in [0.2, 0.25) is 5.91 Å². The molecule has 1 aromatic carbocycles. The van der Waals surface area contributed by atoms with Gasteiger partial charge in [-0.25, -0.2) is 0 Å². The highest BCUT2D eigenvalue weighted by Crippen LogP contribution is 2.34. The number of alkyl halides is 2. The van der Waals surface area contributed by atoms with Gasteiger partial charge in [-0.1, -0.05) is 11.6 Å². The largest absolute Gasteiger partial charge is 0.433 e. The summed E-state index contributed by atoms with van der Waals surface area (Å²) in [5, 5.41) is 2.57. The maximum Gasteiger partial charge on any atom is 0.387 e. The van der Waals surface area contributed by atoms with Crippen molar-refractivity contribution >= 4 is 35.6 Å². The number of hydrogen-bond donors (Lipinski definition) is 2. The minimum atomic E-state index is -2.94. The second-order valence-corrected chi connectivity index (χ2v) is 4.54. The van der Waals surface area contributed by atoms with Crippen LogP contribution in [0.15, 0.2) is 18.2 Å². The van der Waals surface area contributed by atoms with E-state index < -0.39 is 12.2 Å². The molecule has 19 heavy (non-hydrogen) atoms. The first kappa shape index (κ1) is 15.9. The minimum absolute atomic E-state index is 0. The minimum Gasteiger partial charge on any atom is -0.433 e. The van der Waals surface area contributed by atoms with E-state index in [0.717, 1.165) is 0 Å². The summed E-state index contributed by atoms with van der Waals surface area (Å²) >= 11 is 5.75. The number of anilines is 1. The average molecular weight is 313 g/mol. The monoisotopic (exact) mass is 312 g/mol. The number of rotatable bonds is 4. The van der Waals surface area contributed by atoms with Crippen LogP contribution >= 0.6 is 24.0 Å². The molecule has 0 saturated heterocycles. The van der Waals surface area contributed by atoms with Gasteiger partial charge in [-0.15, -0.1) is 12.4 Å². The molecule has 1 aliphatic rings. The molecule has 1 fully saturated rings. The van der Waals surface area contributed by atoms with Crippen LogP contribution in [-0.4, -0.2) is 18.1 Å². The smallest absolute Gasteiger partial charge is 0.387 e. The molecule has 0 heterocycles. The van der Waals surface area contributed by atoms with Crippen LogP contribution in [0.1, 0.15) is 12.8 Å². The Morgan fingerprint density at radius 3 is 2.58 bits per heavy atom. The third-order valence-corrected chi connectivity index (χ3v) is 2.94. The van der Waals surface area contributed by atoms with Crippen LogP contribution in [0.25, 0.3) is 0 Å². The Kier molecular flexibility index (Phi) is 4.95. The summed E-state index contributed by atoms with van der Waals surface area (Å²) in [6, 6.07) is 4.02. The van der Waals surface area contributed by atoms with Gasteiger partial charge in [0.25, 0.3) is 0 Å². The van der Waals surface area contributed by atoms with E-state index in [-0.39, 0.29) is 29.1 Å². The quantitative estimate of drug-likeness (QED) is 0.898. The lowest BCUT2D eigenvalue weighted by Gasteiger charge is -2.12. The van der Waals surface area contributed by atoms with Crippen LogP contribution < -0.4 is 15.8 Å². The number of benzene rings is 1. The lowest BCUT2D eigenvalue weighted by molar-refractivity contribution is -0.118. The van der Waals surface area contributed by atoms with Gasteiger partial charge in [0.1, 0.15) is 5.75 Å². The number of ether oxygens (including phenoxy) is 1. The fraction of sp³-hybridized carbons (Fsp3) is 0.364. The van der Waals surface area contributed by atoms with Crippen LogP contribution in [0.4, 0.5) is 14.5 Å². The Morgan fingerprint density at radius 1 is 1.47 bits per heavy atom. The highest BCUT2D eigenvalue weighted by atomic mass is 35.5. The van der Waals surface area contributed by atoms with E-state index in [2.05, 4.69) is 10.1 Å². The SMILES string of the molecule is Cl.NC1(C(=O)Nc2ccc(OC(F)F)c(Cl)c2)CC1. The molecule has 0 radical (unpaired) electrons. The molecule has 1 aliphatic carbocycles. The number of amides is 1. The summed E-state index contributed by atoms with van der Waals surface area (Å²) in [6.45, 7) is -2.94. The molecule has 1 aromatic rings. The van der Waals surface area contributed by atoms with E-state index in [1.54, 1.807) is 0 Å². The first-order chi connectivity index (χ1) is 8.40. The number of hydrogen-bond acceptors (Lipinski definition) is 3. The van der Waals surface area contributed by atoms with Gasteiger partial charge in [0.05, 0.1) is 10.6 Å². The summed E-state index contributed by atoms with van der Waals surface area (Å²) in [6.07, 6.45) is 1.28. The molecular weight excluding hydrogens is 301 g/mol. The first-order valence-electron chi connectivity index (χ1n) is 5.25. The van der Waals surface area contributed by atoms with Crippen LogP contribution in [0.2, 0.25) is 5.02 Å². The van der Waals surface area contributed by atoms with E-state index >= 15 is 0 Å². The highest BCUT2D eigenvalue weighted by molar-refractivity contribution is 6.32. The third-order valence-electron chi connectivity index (χ3n) is 2.65. The van der Waals surface area contributed by atoms with Crippen molar-refractivity contribution < 1.29 is 18.3 Å². The van der Waals surface area contributed by atoms with Crippen LogP contribution in [0.3, 0.4) is 0 Å². The van der Waals surface area contributed by atoms with Crippen molar-refractivity contribution in [3.05, 3.63) is 23.2 Å². The van der Waals surface area contributed by atoms with Crippen molar-refractivity contribution in [2.45, 2.75) is 25.0 Å². The molecule has 3 N–H and O–H groups in total. The maximum absolute atomic E-state index is 12.0. The summed E-state index contributed by atoms with van der Waals surface area (Å²) in [5.41, 5.74) is 5.29. The summed E-state index contributed by atoms with van der Waals surface area (Å²) in [7, 11) is 0. The average Bonchev–Trinajstić information content (AvgIpc) is 3.01. The molecule has 0 spiro atoms. The normalized spacial score (nSPS) is 15.6. The van der Waals surface area contributed by atoms with E-state index in [0.29, 0.717) is 18.5 Å². The highest BCUT2D eigenvalue weighted by Gasteiger charge is 2.45. The predicted molar refractivity (Wildman–Crippen MR) is 70.1 cm³/mol. The Balaban J connectivity index is 0.00000180. The zero-order chi connectivity index (χ0) is 13.3. The molecule has 0 unspecified atom stereocenters. The fourth-order valence-electron chi connectivity index (χ4n) is 1.39. The molecule has 1 saturated carbocycles. The van der Waals surface area contributed by atoms with Crippen molar-refractivity contribution in [2.24, 2.45) is 5.73 Å². The Labute approximate surface area is 119 Å². The summed E-state index contributed by atoms with van der Waals surface area (Å²) in [4.78, 5) is 11.6. The van der Waals surface area contributed by atoms with Gasteiger partial charge >= 0.3 is 6.61 Å². The number of nitrogens with two attached hydrogens (primary N) is 1. The van der Waals surface area contributed by atoms with E-state index in [1.807, 2.05) is 0 Å². The summed E-state index contributed by atoms with van der Waals surface area (Å²) in [5.74, 6) is -0.445. The van der Waals surface area contributed by atoms with Crippen molar-refractivity contribution in [3.8, 4) is 5.75 Å². The molecular formula is C11H12Cl2F2N2O2. The third kappa shape index (κ3) is 3.92. The molecule has 106 valence electrons. The van der Waals surface area contributed by atoms with E-state index in [9.17, 15) is 13.6 Å². The fourth-order valence-corrected chi connectivity index (χ4v) is 1.61. The standard InChI is InChI=1S/C11H11ClF2N2O2.ClH/c12-7-5-6(1-2-8(7)18-10(13)14)16-9(17)11(15)3-4-11;/h1-2,5,10H,3-4,15H2,(H,16,17);1H. The Morgan fingerprint density at radius 2 is 2.11 bits per heavy atom. The predicted octanol–water partition coefficient (Wildman–Crippen LogP) is 2.79. The number of halogens is 4. The van der Waals surface area contributed by atoms with Crippen molar-refractivity contribution in [2.75, 3.05) is 5.32 Å². The van der Waals surface area contributed by atoms with Gasteiger partial charge in [-0.3, -0.25) is 4.79 Å². The van der Waals surface area contributed by atoms with Gasteiger partial charge in [0, 0.05) is 5.69 Å². The molecule has 0 aliphatic heterocycles. The zero-order valence-corrected chi connectivity index (χ0v) is 11.2. The Bertz CT molecular complexity index is 482. The molecule has 4 nitrogen and oxygen atoms in total. The lowest BCUT2D eigenvalue weighted by Crippen LogP contribution is -2.37. The van der Waals surface area contributed by atoms with Crippen molar-refractivity contribution in [3.63, 3.8) is 0 Å². The van der Waals surface area contributed by atoms with E-state index in [4.69, 9.17) is 17.3 Å². The Hall–Kier alpha value is -1.11. The van der Waals surface area contributed by atoms with Gasteiger partial charge in [-0.2, -0.15) is 8.78 Å². The van der Waals surface area contributed by atoms with Gasteiger partial charge in [-0.05, 0) is 31.0 Å². The van der Waals surface area contributed by atoms with Crippen molar-refractivity contribution in [1.82, 2.24) is 0 Å². The second kappa shape index (κ2) is 5.90. The first-order valence-corrected chi connectivity index (χ1v) is 5.63. The molecule has 0 aromatic heterocycles. The van der Waals surface area contributed by atoms with Gasteiger partial charge in [0.15, 0.2) is 0 Å². The van der Waals surface area contributed by atoms with Crippen LogP contribution in [-0.2, 0) is 4.79 Å². The molecule has 0 atom stereocenters. The number of carbonyl (C=O) groups excluding carboxylic acids is 1. The molecule has 0 bridgehead atoms. The molecule has 1 amide bonds. The molecule has 2 rings (SSSR count). The topological polar surface area (TPSA) is 64.4 Å². The van der Waals surface area contributed by atoms with Crippen LogP contribution in [0.5, 0.6) is 5.75 Å². The second-order valence-electron chi connectivity index (χ2n) is 4.13. The van der Waals surface area contributed by atoms with Gasteiger partial charge < -0.3 is 15.8 Å². The maximum atomic E-state index is 12.0. The number of nitrogens with one attached hydrogen (secondary N) is 1. The number of carbonyl (C=O) groups is 1. The van der Waals surface area contributed by atoms with E-state index in [1.165, 1.54) is 18.2 Å². The summed E-state index contributed by atoms with van der Waals surface area (Å²) < 4.78 is 28.2. The van der Waals surface area contributed by atoms with Crippen LogP contribution in [0, 0.1) is 0 Å². The zero-order valence-electron chi connectivity index (χ0n) is 9.66. The molecule has 8 heteroatoms. The lowest BCUT2D eigenvalue weighted by atomic mass is 10.2. The van der Waals surface area contributed by atoms with Crippen molar-refractivity contribution in [1.29, 1.82) is 0 Å².